The molecule has 0 bridgehead atoms. The molecule has 2 saturated heterocycles. The van der Waals surface area contributed by atoms with Gasteiger partial charge in [0.2, 0.25) is 0 Å². The average Bonchev–Trinajstić information content (AvgIpc) is 3.35. The summed E-state index contributed by atoms with van der Waals surface area (Å²) in [7, 11) is 0. The second-order valence-corrected chi connectivity index (χ2v) is 11.6. The Labute approximate surface area is 236 Å². The molecule has 5 nitrogen and oxygen atoms in total. The second-order valence-electron chi connectivity index (χ2n) is 9.38. The van der Waals surface area contributed by atoms with E-state index in [1.807, 2.05) is 31.2 Å². The normalized spacial score (nSPS) is 18.5. The summed E-state index contributed by atoms with van der Waals surface area (Å²) in [5.41, 5.74) is 6.24. The number of hydrogen-bond acceptors (Lipinski definition) is 4. The summed E-state index contributed by atoms with van der Waals surface area (Å²) in [4.78, 5) is 23.0. The number of carbonyl (C=O) groups is 1. The second kappa shape index (κ2) is 11.1. The van der Waals surface area contributed by atoms with Gasteiger partial charge in [-0.25, -0.2) is 4.99 Å². The molecule has 3 aromatic rings. The number of rotatable bonds is 5. The van der Waals surface area contributed by atoms with Gasteiger partial charge < -0.3 is 9.47 Å². The third-order valence-electron chi connectivity index (χ3n) is 6.92. The van der Waals surface area contributed by atoms with Gasteiger partial charge in [0, 0.05) is 46.9 Å². The van der Waals surface area contributed by atoms with Gasteiger partial charge in [-0.3, -0.25) is 9.69 Å². The SMILES string of the molecule is CCN1C(=O)/C(=C/c2cc(C)n(-c3ccc(Br)c(Cl)c3)c2C)SC1=Nc1ccc(N2CCCCC2)cc1. The lowest BCUT2D eigenvalue weighted by Gasteiger charge is -2.28. The zero-order valence-electron chi connectivity index (χ0n) is 21.3. The summed E-state index contributed by atoms with van der Waals surface area (Å²) in [5, 5.41) is 1.38. The maximum atomic E-state index is 13.3. The molecule has 5 rings (SSSR count). The molecule has 0 saturated carbocycles. The van der Waals surface area contributed by atoms with Crippen LogP contribution in [0.4, 0.5) is 11.4 Å². The number of hydrogen-bond donors (Lipinski definition) is 0. The fraction of sp³-hybridized carbons (Fsp3) is 0.310. The number of piperidine rings is 1. The van der Waals surface area contributed by atoms with Gasteiger partial charge in [0.15, 0.2) is 5.17 Å². The predicted molar refractivity (Wildman–Crippen MR) is 161 cm³/mol. The Morgan fingerprint density at radius 1 is 1.03 bits per heavy atom. The largest absolute Gasteiger partial charge is 0.372 e. The van der Waals surface area contributed by atoms with Gasteiger partial charge in [0.05, 0.1) is 15.6 Å². The number of aliphatic imine (C=N–C) groups is 1. The molecule has 1 aromatic heterocycles. The van der Waals surface area contributed by atoms with Crippen LogP contribution in [0.2, 0.25) is 5.02 Å². The first-order valence-electron chi connectivity index (χ1n) is 12.6. The Balaban J connectivity index is 1.41. The Morgan fingerprint density at radius 3 is 2.41 bits per heavy atom. The number of benzene rings is 2. The van der Waals surface area contributed by atoms with E-state index in [0.29, 0.717) is 16.5 Å². The lowest BCUT2D eigenvalue weighted by Crippen LogP contribution is -2.29. The highest BCUT2D eigenvalue weighted by Gasteiger charge is 2.32. The molecule has 0 radical (unpaired) electrons. The number of thioether (sulfide) groups is 1. The van der Waals surface area contributed by atoms with Crippen molar-refractivity contribution in [3.8, 4) is 5.69 Å². The number of aromatic nitrogens is 1. The first kappa shape index (κ1) is 26.1. The third-order valence-corrected chi connectivity index (χ3v) is 9.16. The Kier molecular flexibility index (Phi) is 7.84. The molecule has 37 heavy (non-hydrogen) atoms. The summed E-state index contributed by atoms with van der Waals surface area (Å²) in [5.74, 6) is -0.00678. The van der Waals surface area contributed by atoms with E-state index in [4.69, 9.17) is 16.6 Å². The van der Waals surface area contributed by atoms with Crippen LogP contribution in [0.1, 0.15) is 43.1 Å². The van der Waals surface area contributed by atoms with Crippen molar-refractivity contribution >= 4 is 67.8 Å². The van der Waals surface area contributed by atoms with Crippen LogP contribution < -0.4 is 4.90 Å². The van der Waals surface area contributed by atoms with Crippen LogP contribution >= 0.6 is 39.3 Å². The van der Waals surface area contributed by atoms with E-state index in [-0.39, 0.29) is 5.91 Å². The van der Waals surface area contributed by atoms with E-state index in [2.05, 4.69) is 69.6 Å². The minimum absolute atomic E-state index is 0.00678. The number of anilines is 1. The monoisotopic (exact) mass is 596 g/mol. The zero-order chi connectivity index (χ0) is 26.1. The Morgan fingerprint density at radius 2 is 1.73 bits per heavy atom. The van der Waals surface area contributed by atoms with Gasteiger partial charge in [-0.15, -0.1) is 0 Å². The zero-order valence-corrected chi connectivity index (χ0v) is 24.5. The van der Waals surface area contributed by atoms with Crippen molar-refractivity contribution in [2.24, 2.45) is 4.99 Å². The van der Waals surface area contributed by atoms with Crippen molar-refractivity contribution in [2.45, 2.75) is 40.0 Å². The molecule has 1 amide bonds. The van der Waals surface area contributed by atoms with E-state index in [1.54, 1.807) is 4.90 Å². The highest BCUT2D eigenvalue weighted by molar-refractivity contribution is 9.10. The molecule has 2 aromatic carbocycles. The van der Waals surface area contributed by atoms with Crippen LogP contribution in [-0.4, -0.2) is 40.2 Å². The van der Waals surface area contributed by atoms with Crippen molar-refractivity contribution in [1.29, 1.82) is 0 Å². The number of carbonyl (C=O) groups excluding carboxylic acids is 1. The minimum atomic E-state index is -0.00678. The summed E-state index contributed by atoms with van der Waals surface area (Å²) >= 11 is 11.3. The summed E-state index contributed by atoms with van der Waals surface area (Å²) in [6, 6.07) is 16.4. The molecular formula is C29H30BrClN4OS. The number of amides is 1. The van der Waals surface area contributed by atoms with Crippen molar-refractivity contribution in [2.75, 3.05) is 24.5 Å². The van der Waals surface area contributed by atoms with Crippen LogP contribution in [0.15, 0.2) is 62.9 Å². The molecule has 0 N–H and O–H groups in total. The van der Waals surface area contributed by atoms with E-state index < -0.39 is 0 Å². The lowest BCUT2D eigenvalue weighted by atomic mass is 10.1. The van der Waals surface area contributed by atoms with E-state index in [1.165, 1.54) is 36.7 Å². The van der Waals surface area contributed by atoms with Crippen LogP contribution in [0.3, 0.4) is 0 Å². The van der Waals surface area contributed by atoms with E-state index in [0.717, 1.165) is 51.1 Å². The van der Waals surface area contributed by atoms with Gasteiger partial charge in [-0.1, -0.05) is 11.6 Å². The maximum absolute atomic E-state index is 13.3. The van der Waals surface area contributed by atoms with E-state index >= 15 is 0 Å². The molecule has 2 aliphatic heterocycles. The summed E-state index contributed by atoms with van der Waals surface area (Å²) in [6.07, 6.45) is 5.81. The summed E-state index contributed by atoms with van der Waals surface area (Å²) < 4.78 is 3.02. The van der Waals surface area contributed by atoms with Crippen molar-refractivity contribution in [1.82, 2.24) is 9.47 Å². The summed E-state index contributed by atoms with van der Waals surface area (Å²) in [6.45, 7) is 8.92. The standard InChI is InChI=1S/C29H30BrClN4OS/c1-4-34-28(36)27(17-21-16-19(2)35(20(21)3)24-12-13-25(30)26(31)18-24)37-29(34)32-22-8-10-23(11-9-22)33-14-6-5-7-15-33/h8-13,16-18H,4-7,14-15H2,1-3H3/b27-17-,32-29?. The first-order chi connectivity index (χ1) is 17.9. The molecule has 0 spiro atoms. The highest BCUT2D eigenvalue weighted by atomic mass is 79.9. The molecule has 3 heterocycles. The number of likely N-dealkylation sites (N-methyl/N-ethyl adjacent to an activating group) is 1. The number of halogens is 2. The first-order valence-corrected chi connectivity index (χ1v) is 14.6. The van der Waals surface area contributed by atoms with Crippen LogP contribution in [0.25, 0.3) is 11.8 Å². The smallest absolute Gasteiger partial charge is 0.266 e. The molecule has 192 valence electrons. The topological polar surface area (TPSA) is 40.8 Å². The fourth-order valence-corrected chi connectivity index (χ4v) is 6.44. The van der Waals surface area contributed by atoms with Gasteiger partial charge in [0.25, 0.3) is 5.91 Å². The fourth-order valence-electron chi connectivity index (χ4n) is 4.97. The average molecular weight is 598 g/mol. The molecule has 2 fully saturated rings. The van der Waals surface area contributed by atoms with Crippen LogP contribution in [0.5, 0.6) is 0 Å². The van der Waals surface area contributed by atoms with Crippen molar-refractivity contribution < 1.29 is 4.79 Å². The molecule has 0 unspecified atom stereocenters. The van der Waals surface area contributed by atoms with Gasteiger partial charge in [-0.05, 0) is 128 Å². The van der Waals surface area contributed by atoms with Gasteiger partial charge in [0.1, 0.15) is 0 Å². The number of aryl methyl sites for hydroxylation is 1. The minimum Gasteiger partial charge on any atom is -0.372 e. The molecule has 2 aliphatic rings. The quantitative estimate of drug-likeness (QED) is 0.279. The predicted octanol–water partition coefficient (Wildman–Crippen LogP) is 8.12. The van der Waals surface area contributed by atoms with Crippen molar-refractivity contribution in [3.05, 3.63) is 79.9 Å². The van der Waals surface area contributed by atoms with Gasteiger partial charge >= 0.3 is 0 Å². The Hall–Kier alpha value is -2.48. The molecule has 0 aliphatic carbocycles. The van der Waals surface area contributed by atoms with Gasteiger partial charge in [-0.2, -0.15) is 0 Å². The molecule has 8 heteroatoms. The van der Waals surface area contributed by atoms with E-state index in [9.17, 15) is 4.79 Å². The van der Waals surface area contributed by atoms with Crippen molar-refractivity contribution in [3.63, 3.8) is 0 Å². The highest BCUT2D eigenvalue weighted by Crippen LogP contribution is 2.36. The van der Waals surface area contributed by atoms with Crippen LogP contribution in [-0.2, 0) is 4.79 Å². The Bertz CT molecular complexity index is 1390. The molecule has 0 atom stereocenters. The molecular weight excluding hydrogens is 568 g/mol. The van der Waals surface area contributed by atoms with Crippen LogP contribution in [0, 0.1) is 13.8 Å². The third kappa shape index (κ3) is 5.40. The maximum Gasteiger partial charge on any atom is 0.266 e. The number of nitrogens with zero attached hydrogens (tertiary/aromatic N) is 4. The lowest BCUT2D eigenvalue weighted by molar-refractivity contribution is -0.122. The number of amidine groups is 1.